The van der Waals surface area contributed by atoms with E-state index in [0.717, 1.165) is 0 Å². The van der Waals surface area contributed by atoms with E-state index >= 15 is 0 Å². The quantitative estimate of drug-likeness (QED) is 0.729. The Bertz CT molecular complexity index is 473. The van der Waals surface area contributed by atoms with Crippen molar-refractivity contribution in [2.24, 2.45) is 0 Å². The highest BCUT2D eigenvalue weighted by Crippen LogP contribution is 2.48. The van der Waals surface area contributed by atoms with Crippen LogP contribution in [0.15, 0.2) is 30.3 Å². The summed E-state index contributed by atoms with van der Waals surface area (Å²) in [6.45, 7) is 8.43. The fourth-order valence-electron chi connectivity index (χ4n) is 1.96. The number of hydrogen-bond donors (Lipinski definition) is 0. The molecule has 3 nitrogen and oxygen atoms in total. The van der Waals surface area contributed by atoms with Gasteiger partial charge >= 0.3 is 7.12 Å². The molecule has 4 heteroatoms. The van der Waals surface area contributed by atoms with Crippen LogP contribution < -0.4 is 0 Å². The molecule has 0 bridgehead atoms. The zero-order valence-electron chi connectivity index (χ0n) is 12.7. The van der Waals surface area contributed by atoms with E-state index in [-0.39, 0.29) is 18.3 Å². The van der Waals surface area contributed by atoms with Crippen LogP contribution in [0.3, 0.4) is 0 Å². The second kappa shape index (κ2) is 5.59. The van der Waals surface area contributed by atoms with Crippen LogP contribution in [0.5, 0.6) is 0 Å². The van der Waals surface area contributed by atoms with Crippen molar-refractivity contribution >= 4 is 7.12 Å². The lowest BCUT2D eigenvalue weighted by Gasteiger charge is -2.32. The summed E-state index contributed by atoms with van der Waals surface area (Å²) >= 11 is 0. The molecule has 1 aromatic carbocycles. The molecular weight excluding hydrogens is 249 g/mol. The second-order valence-corrected chi connectivity index (χ2v) is 6.44. The van der Waals surface area contributed by atoms with Gasteiger partial charge in [-0.05, 0) is 45.6 Å². The molecule has 1 heterocycles. The van der Waals surface area contributed by atoms with Crippen LogP contribution in [0.2, 0.25) is 5.82 Å². The van der Waals surface area contributed by atoms with Gasteiger partial charge in [0.05, 0.1) is 22.8 Å². The number of benzene rings is 1. The van der Waals surface area contributed by atoms with Gasteiger partial charge < -0.3 is 9.31 Å². The van der Waals surface area contributed by atoms with Crippen molar-refractivity contribution in [3.63, 3.8) is 0 Å². The Labute approximate surface area is 122 Å². The van der Waals surface area contributed by atoms with Gasteiger partial charge in [-0.15, -0.1) is 0 Å². The average Bonchev–Trinajstić information content (AvgIpc) is 3.20. The van der Waals surface area contributed by atoms with Gasteiger partial charge in [-0.2, -0.15) is 5.26 Å². The number of nitriles is 1. The van der Waals surface area contributed by atoms with Gasteiger partial charge in [-0.3, -0.25) is 0 Å². The van der Waals surface area contributed by atoms with E-state index in [4.69, 9.17) is 14.6 Å². The SMILES string of the molecule is CC1(C)OB(C2CC2)OC1(C)C.N#Cc1ccccc1. The zero-order chi connectivity index (χ0) is 14.8. The molecule has 106 valence electrons. The molecule has 0 atom stereocenters. The van der Waals surface area contributed by atoms with Gasteiger partial charge in [0.15, 0.2) is 0 Å². The summed E-state index contributed by atoms with van der Waals surface area (Å²) in [6.07, 6.45) is 2.55. The van der Waals surface area contributed by atoms with E-state index in [1.165, 1.54) is 12.8 Å². The van der Waals surface area contributed by atoms with E-state index in [9.17, 15) is 0 Å². The third-order valence-electron chi connectivity index (χ3n) is 4.18. The minimum atomic E-state index is -0.139. The Kier molecular flexibility index (Phi) is 4.22. The van der Waals surface area contributed by atoms with E-state index in [1.807, 2.05) is 24.3 Å². The molecule has 3 rings (SSSR count). The lowest BCUT2D eigenvalue weighted by Crippen LogP contribution is -2.41. The molecular formula is C16H22BNO2. The molecule has 0 radical (unpaired) electrons. The van der Waals surface area contributed by atoms with E-state index in [2.05, 4.69) is 27.7 Å². The molecule has 2 aliphatic rings. The lowest BCUT2D eigenvalue weighted by atomic mass is 9.82. The van der Waals surface area contributed by atoms with Crippen molar-refractivity contribution in [1.29, 1.82) is 5.26 Å². The normalized spacial score (nSPS) is 22.6. The largest absolute Gasteiger partial charge is 0.461 e. The van der Waals surface area contributed by atoms with Crippen LogP contribution >= 0.6 is 0 Å². The maximum absolute atomic E-state index is 8.29. The summed E-state index contributed by atoms with van der Waals surface area (Å²) < 4.78 is 11.7. The van der Waals surface area contributed by atoms with Gasteiger partial charge in [0.1, 0.15) is 0 Å². The Morgan fingerprint density at radius 3 is 1.90 bits per heavy atom. The molecule has 1 aromatic rings. The predicted molar refractivity (Wildman–Crippen MR) is 80.2 cm³/mol. The van der Waals surface area contributed by atoms with Gasteiger partial charge in [-0.25, -0.2) is 0 Å². The molecule has 20 heavy (non-hydrogen) atoms. The Hall–Kier alpha value is -1.31. The first-order chi connectivity index (χ1) is 9.36. The molecule has 1 saturated heterocycles. The number of hydrogen-bond acceptors (Lipinski definition) is 3. The van der Waals surface area contributed by atoms with Crippen LogP contribution in [0, 0.1) is 11.3 Å². The van der Waals surface area contributed by atoms with E-state index in [0.29, 0.717) is 11.4 Å². The van der Waals surface area contributed by atoms with Crippen LogP contribution in [0.1, 0.15) is 46.1 Å². The minimum absolute atomic E-state index is 0.0648. The smallest absolute Gasteiger partial charge is 0.403 e. The number of nitrogens with zero attached hydrogens (tertiary/aromatic N) is 1. The van der Waals surface area contributed by atoms with Gasteiger partial charge in [0.2, 0.25) is 0 Å². The fraction of sp³-hybridized carbons (Fsp3) is 0.562. The summed E-state index contributed by atoms with van der Waals surface area (Å²) in [7, 11) is 0.0648. The highest BCUT2D eigenvalue weighted by molar-refractivity contribution is 6.48. The predicted octanol–water partition coefficient (Wildman–Crippen LogP) is 3.80. The molecule has 0 aromatic heterocycles. The molecule has 0 amide bonds. The van der Waals surface area contributed by atoms with Crippen LogP contribution in [0.4, 0.5) is 0 Å². The van der Waals surface area contributed by atoms with Crippen LogP contribution in [0.25, 0.3) is 0 Å². The van der Waals surface area contributed by atoms with E-state index < -0.39 is 0 Å². The summed E-state index contributed by atoms with van der Waals surface area (Å²) in [5, 5.41) is 8.29. The third kappa shape index (κ3) is 3.42. The molecule has 0 N–H and O–H groups in total. The van der Waals surface area contributed by atoms with Crippen molar-refractivity contribution in [3.8, 4) is 6.07 Å². The minimum Gasteiger partial charge on any atom is -0.403 e. The highest BCUT2D eigenvalue weighted by atomic mass is 16.7. The van der Waals surface area contributed by atoms with E-state index in [1.54, 1.807) is 12.1 Å². The topological polar surface area (TPSA) is 42.2 Å². The van der Waals surface area contributed by atoms with Crippen molar-refractivity contribution in [2.75, 3.05) is 0 Å². The Balaban J connectivity index is 0.000000160. The standard InChI is InChI=1S/C9H17BO2.C7H5N/c1-8(2)9(3,4)12-10(11-8)7-5-6-7;8-6-7-4-2-1-3-5-7/h7H,5-6H2,1-4H3;1-5H. The molecule has 1 saturated carbocycles. The summed E-state index contributed by atoms with van der Waals surface area (Å²) in [5.41, 5.74) is 0.438. The van der Waals surface area contributed by atoms with Crippen molar-refractivity contribution in [2.45, 2.75) is 57.6 Å². The number of rotatable bonds is 1. The average molecular weight is 271 g/mol. The lowest BCUT2D eigenvalue weighted by molar-refractivity contribution is 0.00578. The fourth-order valence-corrected chi connectivity index (χ4v) is 1.96. The van der Waals surface area contributed by atoms with Crippen LogP contribution in [-0.2, 0) is 9.31 Å². The summed E-state index contributed by atoms with van der Waals surface area (Å²) in [6, 6.07) is 11.2. The summed E-state index contributed by atoms with van der Waals surface area (Å²) in [4.78, 5) is 0. The van der Waals surface area contributed by atoms with Crippen LogP contribution in [-0.4, -0.2) is 18.3 Å². The maximum Gasteiger partial charge on any atom is 0.461 e. The Morgan fingerprint density at radius 2 is 1.55 bits per heavy atom. The molecule has 2 fully saturated rings. The monoisotopic (exact) mass is 271 g/mol. The maximum atomic E-state index is 8.29. The first-order valence-corrected chi connectivity index (χ1v) is 7.16. The molecule has 1 aliphatic heterocycles. The Morgan fingerprint density at radius 1 is 1.05 bits per heavy atom. The zero-order valence-corrected chi connectivity index (χ0v) is 12.7. The molecule has 0 spiro atoms. The molecule has 1 aliphatic carbocycles. The third-order valence-corrected chi connectivity index (χ3v) is 4.18. The van der Waals surface area contributed by atoms with Gasteiger partial charge in [0, 0.05) is 0 Å². The van der Waals surface area contributed by atoms with Crippen molar-refractivity contribution in [3.05, 3.63) is 35.9 Å². The van der Waals surface area contributed by atoms with Crippen molar-refractivity contribution < 1.29 is 9.31 Å². The molecule has 0 unspecified atom stereocenters. The van der Waals surface area contributed by atoms with Crippen molar-refractivity contribution in [1.82, 2.24) is 0 Å². The highest BCUT2D eigenvalue weighted by Gasteiger charge is 2.55. The van der Waals surface area contributed by atoms with Gasteiger partial charge in [-0.1, -0.05) is 31.0 Å². The van der Waals surface area contributed by atoms with Gasteiger partial charge in [0.25, 0.3) is 0 Å². The first kappa shape index (κ1) is 15.1. The second-order valence-electron chi connectivity index (χ2n) is 6.44. The summed E-state index contributed by atoms with van der Waals surface area (Å²) in [5.74, 6) is 0.672. The first-order valence-electron chi connectivity index (χ1n) is 7.16.